The summed E-state index contributed by atoms with van der Waals surface area (Å²) < 4.78 is 44.1. The molecule has 1 unspecified atom stereocenters. The molecule has 2 N–H and O–H groups in total. The number of aromatic amines is 1. The van der Waals surface area contributed by atoms with Gasteiger partial charge in [0, 0.05) is 84.2 Å². The molecule has 314 valence electrons. The second-order valence-electron chi connectivity index (χ2n) is 17.3. The Kier molecular flexibility index (Phi) is 9.04. The molecule has 3 amide bonds. The smallest absolute Gasteiger partial charge is 0.269 e. The average Bonchev–Trinajstić information content (AvgIpc) is 3.63. The molecule has 5 aliphatic heterocycles. The first-order chi connectivity index (χ1) is 28.4. The molecule has 7 heterocycles. The third-order valence-corrected chi connectivity index (χ3v) is 13.5. The molecule has 15 nitrogen and oxygen atoms in total. The lowest BCUT2D eigenvalue weighted by Gasteiger charge is -2.58. The standard InChI is InChI=1S/C42H48F2N10O5.2H2/c1-40(9-10-40)59-26-3-5-30-28(19-26)36(49-48-30)31-20-34(46-25-45-31)52-17-15-50(16-18-52)13-14-51-12-11-41(42(43,44)24-51)22-53(23-41)32-6-4-27-29(37(32)58-2)21-54(39(27)57)33-7-8-35(55)47-38(33)56;;/h3-6,19-20,25,33H,7-18,21-24H2,1-2H3,(H,48,49)(H,47,55,56);2*1H. The highest BCUT2D eigenvalue weighted by molar-refractivity contribution is 6.06. The molecule has 0 bridgehead atoms. The number of benzene rings is 2. The van der Waals surface area contributed by atoms with Gasteiger partial charge in [-0.05, 0) is 69.5 Å². The van der Waals surface area contributed by atoms with Crippen LogP contribution >= 0.6 is 0 Å². The topological polar surface area (TPSA) is 152 Å². The highest BCUT2D eigenvalue weighted by Gasteiger charge is 2.63. The normalized spacial score (nSPS) is 23.7. The molecule has 5 fully saturated rings. The average molecular weight is 815 g/mol. The quantitative estimate of drug-likeness (QED) is 0.221. The third-order valence-electron chi connectivity index (χ3n) is 13.5. The van der Waals surface area contributed by atoms with Crippen molar-refractivity contribution in [3.63, 3.8) is 0 Å². The fourth-order valence-electron chi connectivity index (χ4n) is 9.54. The van der Waals surface area contributed by atoms with E-state index >= 15 is 8.78 Å². The number of carbonyl (C=O) groups is 3. The molecule has 4 aromatic rings. The maximum atomic E-state index is 16.1. The van der Waals surface area contributed by atoms with Gasteiger partial charge in [-0.1, -0.05) is 0 Å². The maximum absolute atomic E-state index is 16.1. The molecule has 1 spiro atoms. The SMILES string of the molecule is COc1c(N2CC3(CCN(CCN4CCN(c5cc(-c6n[nH]c7ccc(OC8(C)CC8)cc67)ncn5)CC4)CC3(F)F)C2)ccc2c1CN(C1CCC(=O)NC1=O)C2=O.[HH].[HH]. The van der Waals surface area contributed by atoms with Crippen LogP contribution in [0.2, 0.25) is 0 Å². The fraction of sp³-hybridized carbons (Fsp3) is 0.524. The van der Waals surface area contributed by atoms with Crippen molar-refractivity contribution in [2.75, 3.05) is 82.4 Å². The molecule has 1 aliphatic carbocycles. The number of anilines is 2. The van der Waals surface area contributed by atoms with Crippen molar-refractivity contribution in [1.82, 2.24) is 40.2 Å². The minimum absolute atomic E-state index is 0. The van der Waals surface area contributed by atoms with Crippen molar-refractivity contribution in [2.45, 2.75) is 63.1 Å². The number of fused-ring (bicyclic) bond motifs is 2. The Morgan fingerprint density at radius 1 is 0.915 bits per heavy atom. The summed E-state index contributed by atoms with van der Waals surface area (Å²) in [5.41, 5.74) is 2.91. The molecule has 2 aromatic carbocycles. The van der Waals surface area contributed by atoms with Crippen LogP contribution in [0.5, 0.6) is 11.5 Å². The molecule has 1 saturated carbocycles. The third kappa shape index (κ3) is 6.71. The van der Waals surface area contributed by atoms with Crippen molar-refractivity contribution in [3.05, 3.63) is 53.9 Å². The van der Waals surface area contributed by atoms with E-state index in [0.29, 0.717) is 48.6 Å². The molecular weight excluding hydrogens is 763 g/mol. The maximum Gasteiger partial charge on any atom is 0.269 e. The number of hydrogen-bond donors (Lipinski definition) is 2. The second kappa shape index (κ2) is 14.1. The second-order valence-corrected chi connectivity index (χ2v) is 17.3. The molecular formula is C42H52F2N10O5. The predicted molar refractivity (Wildman–Crippen MR) is 218 cm³/mol. The first-order valence-electron chi connectivity index (χ1n) is 20.6. The minimum Gasteiger partial charge on any atom is -0.494 e. The summed E-state index contributed by atoms with van der Waals surface area (Å²) >= 11 is 0. The van der Waals surface area contributed by atoms with E-state index in [2.05, 4.69) is 42.2 Å². The van der Waals surface area contributed by atoms with Crippen molar-refractivity contribution < 1.29 is 35.5 Å². The van der Waals surface area contributed by atoms with Crippen LogP contribution in [0.4, 0.5) is 20.3 Å². The summed E-state index contributed by atoms with van der Waals surface area (Å²) in [5, 5.41) is 11.0. The van der Waals surface area contributed by atoms with E-state index in [1.54, 1.807) is 18.5 Å². The molecule has 10 rings (SSSR count). The van der Waals surface area contributed by atoms with Gasteiger partial charge in [0.05, 0.1) is 42.5 Å². The number of hydrogen-bond acceptors (Lipinski definition) is 12. The van der Waals surface area contributed by atoms with E-state index in [9.17, 15) is 14.4 Å². The number of methoxy groups -OCH3 is 1. The Morgan fingerprint density at radius 3 is 2.46 bits per heavy atom. The number of piperazine rings is 1. The fourth-order valence-corrected chi connectivity index (χ4v) is 9.54. The highest BCUT2D eigenvalue weighted by Crippen LogP contribution is 2.53. The van der Waals surface area contributed by atoms with Gasteiger partial charge in [0.25, 0.3) is 11.8 Å². The van der Waals surface area contributed by atoms with E-state index in [4.69, 9.17) is 9.47 Å². The zero-order chi connectivity index (χ0) is 40.7. The molecule has 1 atom stereocenters. The Morgan fingerprint density at radius 2 is 1.71 bits per heavy atom. The number of piperidine rings is 2. The van der Waals surface area contributed by atoms with Gasteiger partial charge in [-0.25, -0.2) is 18.7 Å². The van der Waals surface area contributed by atoms with Crippen LogP contribution in [-0.4, -0.2) is 143 Å². The molecule has 2 aromatic heterocycles. The number of alkyl halides is 2. The number of halogens is 2. The van der Waals surface area contributed by atoms with E-state index in [0.717, 1.165) is 72.9 Å². The Hall–Kier alpha value is -5.42. The van der Waals surface area contributed by atoms with Crippen LogP contribution in [0.3, 0.4) is 0 Å². The zero-order valence-electron chi connectivity index (χ0n) is 33.3. The number of carbonyl (C=O) groups excluding carboxylic acids is 3. The summed E-state index contributed by atoms with van der Waals surface area (Å²) in [4.78, 5) is 56.6. The van der Waals surface area contributed by atoms with Crippen LogP contribution in [0.15, 0.2) is 42.7 Å². The lowest BCUT2D eigenvalue weighted by Crippen LogP contribution is -2.70. The van der Waals surface area contributed by atoms with Gasteiger partial charge in [-0.2, -0.15) is 5.10 Å². The molecule has 17 heteroatoms. The number of amides is 3. The van der Waals surface area contributed by atoms with Gasteiger partial charge in [0.15, 0.2) is 0 Å². The van der Waals surface area contributed by atoms with Gasteiger partial charge in [-0.15, -0.1) is 0 Å². The van der Waals surface area contributed by atoms with E-state index < -0.39 is 23.3 Å². The number of rotatable bonds is 10. The Bertz CT molecular complexity index is 2350. The molecule has 6 aliphatic rings. The van der Waals surface area contributed by atoms with E-state index in [-0.39, 0.29) is 59.3 Å². The summed E-state index contributed by atoms with van der Waals surface area (Å²) in [6, 6.07) is 10.7. The van der Waals surface area contributed by atoms with E-state index in [1.807, 2.05) is 34.1 Å². The summed E-state index contributed by atoms with van der Waals surface area (Å²) in [7, 11) is 1.51. The van der Waals surface area contributed by atoms with E-state index in [1.165, 1.54) is 12.0 Å². The van der Waals surface area contributed by atoms with Gasteiger partial charge in [0.1, 0.15) is 41.0 Å². The van der Waals surface area contributed by atoms with Crippen molar-refractivity contribution >= 4 is 40.1 Å². The van der Waals surface area contributed by atoms with Crippen LogP contribution in [0.1, 0.15) is 57.8 Å². The molecule has 59 heavy (non-hydrogen) atoms. The number of nitrogens with one attached hydrogen (secondary N) is 2. The number of aromatic nitrogens is 4. The lowest BCUT2D eigenvalue weighted by atomic mass is 9.69. The van der Waals surface area contributed by atoms with Gasteiger partial charge >= 0.3 is 0 Å². The first-order valence-corrected chi connectivity index (χ1v) is 20.6. The largest absolute Gasteiger partial charge is 0.494 e. The van der Waals surface area contributed by atoms with Gasteiger partial charge < -0.3 is 24.2 Å². The number of ether oxygens (including phenoxy) is 2. The zero-order valence-corrected chi connectivity index (χ0v) is 33.3. The molecule has 4 saturated heterocycles. The minimum atomic E-state index is -2.88. The Labute approximate surface area is 343 Å². The van der Waals surface area contributed by atoms with Crippen LogP contribution in [0.25, 0.3) is 22.3 Å². The number of imide groups is 1. The number of H-pyrrole nitrogens is 1. The molecule has 0 radical (unpaired) electrons. The van der Waals surface area contributed by atoms with Crippen LogP contribution < -0.4 is 24.6 Å². The van der Waals surface area contributed by atoms with Crippen molar-refractivity contribution in [3.8, 4) is 22.9 Å². The monoisotopic (exact) mass is 814 g/mol. The van der Waals surface area contributed by atoms with Gasteiger partial charge in [0.2, 0.25) is 11.8 Å². The highest BCUT2D eigenvalue weighted by atomic mass is 19.3. The van der Waals surface area contributed by atoms with Gasteiger partial charge in [-0.3, -0.25) is 34.6 Å². The van der Waals surface area contributed by atoms with Crippen molar-refractivity contribution in [1.29, 1.82) is 0 Å². The predicted octanol–water partition coefficient (Wildman–Crippen LogP) is 4.18. The summed E-state index contributed by atoms with van der Waals surface area (Å²) in [6.07, 6.45) is 4.49. The lowest BCUT2D eigenvalue weighted by molar-refractivity contribution is -0.180. The Balaban J connectivity index is 0.00000257. The van der Waals surface area contributed by atoms with Crippen LogP contribution in [0, 0.1) is 5.41 Å². The number of nitrogens with zero attached hydrogens (tertiary/aromatic N) is 8. The van der Waals surface area contributed by atoms with Crippen molar-refractivity contribution in [2.24, 2.45) is 5.41 Å². The summed E-state index contributed by atoms with van der Waals surface area (Å²) in [6.45, 7) is 7.36. The summed E-state index contributed by atoms with van der Waals surface area (Å²) in [5.74, 6) is -1.89. The first kappa shape index (κ1) is 37.8. The van der Waals surface area contributed by atoms with Crippen LogP contribution in [-0.2, 0) is 16.1 Å². The number of likely N-dealkylation sites (tertiary alicyclic amines) is 1.